The third kappa shape index (κ3) is 10.2. The SMILES string of the molecule is CC(C)(C)CC(CC(C)(C)C)OC(=O)P. The van der Waals surface area contributed by atoms with Crippen molar-refractivity contribution < 1.29 is 9.53 Å². The minimum Gasteiger partial charge on any atom is -0.460 e. The summed E-state index contributed by atoms with van der Waals surface area (Å²) >= 11 is 0. The normalized spacial score (nSPS) is 13.1. The van der Waals surface area contributed by atoms with Crippen molar-refractivity contribution in [2.75, 3.05) is 0 Å². The summed E-state index contributed by atoms with van der Waals surface area (Å²) in [7, 11) is 2.08. The Balaban J connectivity index is 4.39. The first-order valence-electron chi connectivity index (χ1n) is 5.46. The lowest BCUT2D eigenvalue weighted by Gasteiger charge is -2.30. The fraction of sp³-hybridized carbons (Fsp3) is 0.917. The van der Waals surface area contributed by atoms with Crippen molar-refractivity contribution in [2.24, 2.45) is 10.8 Å². The Kier molecular flexibility index (Phi) is 5.26. The van der Waals surface area contributed by atoms with Gasteiger partial charge in [0.25, 0.3) is 0 Å². The third-order valence-corrected chi connectivity index (χ3v) is 2.10. The molecule has 0 aromatic carbocycles. The molecule has 0 aromatic rings. The number of ether oxygens (including phenoxy) is 1. The van der Waals surface area contributed by atoms with E-state index in [-0.39, 0.29) is 22.6 Å². The van der Waals surface area contributed by atoms with Crippen LogP contribution in [-0.2, 0) is 4.74 Å². The number of hydrogen-bond acceptors (Lipinski definition) is 2. The maximum Gasteiger partial charge on any atom is 0.320 e. The van der Waals surface area contributed by atoms with Gasteiger partial charge in [-0.1, -0.05) is 41.5 Å². The molecule has 0 saturated carbocycles. The van der Waals surface area contributed by atoms with Crippen LogP contribution in [0.15, 0.2) is 0 Å². The summed E-state index contributed by atoms with van der Waals surface area (Å²) in [6, 6.07) is 0. The largest absolute Gasteiger partial charge is 0.460 e. The van der Waals surface area contributed by atoms with Gasteiger partial charge in [-0.25, -0.2) is 4.79 Å². The molecule has 90 valence electrons. The van der Waals surface area contributed by atoms with Crippen molar-refractivity contribution in [1.82, 2.24) is 0 Å². The molecular formula is C12H25O2P. The van der Waals surface area contributed by atoms with Gasteiger partial charge < -0.3 is 4.74 Å². The molecule has 0 aliphatic rings. The second-order valence-corrected chi connectivity index (χ2v) is 7.06. The van der Waals surface area contributed by atoms with E-state index in [0.717, 1.165) is 12.8 Å². The van der Waals surface area contributed by atoms with Gasteiger partial charge in [0.2, 0.25) is 0 Å². The minimum atomic E-state index is -0.256. The van der Waals surface area contributed by atoms with Gasteiger partial charge in [0.15, 0.2) is 0 Å². The molecule has 0 amide bonds. The molecule has 0 aliphatic heterocycles. The van der Waals surface area contributed by atoms with Crippen molar-refractivity contribution in [2.45, 2.75) is 60.5 Å². The Labute approximate surface area is 96.4 Å². The van der Waals surface area contributed by atoms with E-state index >= 15 is 0 Å². The minimum absolute atomic E-state index is 0.0231. The standard InChI is InChI=1S/C12H25O2P/c1-11(2,3)7-9(14-10(13)15)8-12(4,5)6/h9H,7-8,15H2,1-6H3. The van der Waals surface area contributed by atoms with E-state index in [1.807, 2.05) is 0 Å². The van der Waals surface area contributed by atoms with E-state index in [1.165, 1.54) is 0 Å². The van der Waals surface area contributed by atoms with E-state index in [9.17, 15) is 4.79 Å². The number of rotatable bonds is 3. The lowest BCUT2D eigenvalue weighted by Crippen LogP contribution is -2.26. The van der Waals surface area contributed by atoms with Gasteiger partial charge in [0, 0.05) is 0 Å². The first kappa shape index (κ1) is 14.9. The number of hydrogen-bond donors (Lipinski definition) is 0. The van der Waals surface area contributed by atoms with Crippen LogP contribution in [0.1, 0.15) is 54.4 Å². The molecule has 0 N–H and O–H groups in total. The molecule has 3 heteroatoms. The fourth-order valence-corrected chi connectivity index (χ4v) is 1.88. The first-order chi connectivity index (χ1) is 6.49. The predicted octanol–water partition coefficient (Wildman–Crippen LogP) is 4.24. The molecular weight excluding hydrogens is 207 g/mol. The molecule has 0 saturated heterocycles. The highest BCUT2D eigenvalue weighted by Crippen LogP contribution is 2.30. The quantitative estimate of drug-likeness (QED) is 0.680. The highest BCUT2D eigenvalue weighted by atomic mass is 31.0. The van der Waals surface area contributed by atoms with E-state index in [0.29, 0.717) is 0 Å². The van der Waals surface area contributed by atoms with Crippen LogP contribution in [0.25, 0.3) is 0 Å². The molecule has 0 fully saturated rings. The first-order valence-corrected chi connectivity index (χ1v) is 6.03. The summed E-state index contributed by atoms with van der Waals surface area (Å²) in [6.07, 6.45) is 1.84. The Bertz CT molecular complexity index is 195. The van der Waals surface area contributed by atoms with Crippen LogP contribution in [0.4, 0.5) is 4.79 Å². The molecule has 0 bridgehead atoms. The van der Waals surface area contributed by atoms with Crippen LogP contribution in [0.3, 0.4) is 0 Å². The smallest absolute Gasteiger partial charge is 0.320 e. The van der Waals surface area contributed by atoms with Gasteiger partial charge in [-0.3, -0.25) is 0 Å². The second kappa shape index (κ2) is 5.30. The molecule has 0 radical (unpaired) electrons. The van der Waals surface area contributed by atoms with Crippen molar-refractivity contribution in [3.63, 3.8) is 0 Å². The van der Waals surface area contributed by atoms with Crippen LogP contribution in [-0.4, -0.2) is 11.8 Å². The molecule has 0 aromatic heterocycles. The zero-order valence-corrected chi connectivity index (χ0v) is 12.0. The van der Waals surface area contributed by atoms with Gasteiger partial charge in [0.1, 0.15) is 6.10 Å². The summed E-state index contributed by atoms with van der Waals surface area (Å²) in [5.74, 6) is 0. The molecule has 0 heterocycles. The maximum atomic E-state index is 11.0. The van der Waals surface area contributed by atoms with E-state index in [2.05, 4.69) is 50.8 Å². The van der Waals surface area contributed by atoms with Crippen molar-refractivity contribution in [1.29, 1.82) is 0 Å². The highest BCUT2D eigenvalue weighted by Gasteiger charge is 2.25. The second-order valence-electron chi connectivity index (χ2n) is 6.59. The van der Waals surface area contributed by atoms with Gasteiger partial charge >= 0.3 is 5.71 Å². The Morgan fingerprint density at radius 1 is 1.07 bits per heavy atom. The Morgan fingerprint density at radius 3 is 1.60 bits per heavy atom. The molecule has 2 nitrogen and oxygen atoms in total. The zero-order chi connectivity index (χ0) is 12.3. The zero-order valence-electron chi connectivity index (χ0n) is 10.9. The van der Waals surface area contributed by atoms with Crippen molar-refractivity contribution in [3.8, 4) is 0 Å². The number of carbonyl (C=O) groups is 1. The summed E-state index contributed by atoms with van der Waals surface area (Å²) in [5, 5.41) is 0. The summed E-state index contributed by atoms with van der Waals surface area (Å²) in [6.45, 7) is 13.0. The van der Waals surface area contributed by atoms with E-state index < -0.39 is 0 Å². The molecule has 0 aliphatic carbocycles. The number of carbonyl (C=O) groups excluding carboxylic acids is 1. The average molecular weight is 232 g/mol. The monoisotopic (exact) mass is 232 g/mol. The van der Waals surface area contributed by atoms with Gasteiger partial charge in [0.05, 0.1) is 0 Å². The lowest BCUT2D eigenvalue weighted by atomic mass is 9.82. The third-order valence-electron chi connectivity index (χ3n) is 1.96. The molecule has 1 atom stereocenters. The highest BCUT2D eigenvalue weighted by molar-refractivity contribution is 7.39. The van der Waals surface area contributed by atoms with Crippen molar-refractivity contribution >= 4 is 15.0 Å². The van der Waals surface area contributed by atoms with Crippen LogP contribution in [0, 0.1) is 10.8 Å². The van der Waals surface area contributed by atoms with E-state index in [1.54, 1.807) is 0 Å². The summed E-state index contributed by atoms with van der Waals surface area (Å²) in [4.78, 5) is 11.0. The molecule has 1 unspecified atom stereocenters. The maximum absolute atomic E-state index is 11.0. The van der Waals surface area contributed by atoms with Crippen LogP contribution >= 0.6 is 9.24 Å². The van der Waals surface area contributed by atoms with Crippen LogP contribution < -0.4 is 0 Å². The van der Waals surface area contributed by atoms with Gasteiger partial charge in [-0.15, -0.1) is 0 Å². The molecule has 15 heavy (non-hydrogen) atoms. The lowest BCUT2D eigenvalue weighted by molar-refractivity contribution is 0.0634. The fourth-order valence-electron chi connectivity index (χ4n) is 1.69. The van der Waals surface area contributed by atoms with Crippen LogP contribution in [0.5, 0.6) is 0 Å². The van der Waals surface area contributed by atoms with E-state index in [4.69, 9.17) is 4.74 Å². The Hall–Kier alpha value is -0.100. The molecule has 0 rings (SSSR count). The van der Waals surface area contributed by atoms with Gasteiger partial charge in [-0.05, 0) is 32.9 Å². The predicted molar refractivity (Wildman–Crippen MR) is 68.1 cm³/mol. The van der Waals surface area contributed by atoms with Gasteiger partial charge in [-0.2, -0.15) is 0 Å². The van der Waals surface area contributed by atoms with Crippen molar-refractivity contribution in [3.05, 3.63) is 0 Å². The van der Waals surface area contributed by atoms with Crippen LogP contribution in [0.2, 0.25) is 0 Å². The molecule has 0 spiro atoms. The summed E-state index contributed by atoms with van der Waals surface area (Å²) < 4.78 is 5.33. The Morgan fingerprint density at radius 2 is 1.40 bits per heavy atom. The average Bonchev–Trinajstić information content (AvgIpc) is 1.73. The topological polar surface area (TPSA) is 26.3 Å². The summed E-state index contributed by atoms with van der Waals surface area (Å²) in [5.41, 5.74) is 0.125.